The van der Waals surface area contributed by atoms with Crippen molar-refractivity contribution in [2.75, 3.05) is 13.1 Å². The normalized spacial score (nSPS) is 11.6. The average Bonchev–Trinajstić information content (AvgIpc) is 2.46. The third kappa shape index (κ3) is 9.64. The van der Waals surface area contributed by atoms with Gasteiger partial charge in [-0.25, -0.2) is 0 Å². The summed E-state index contributed by atoms with van der Waals surface area (Å²) >= 11 is 0. The quantitative estimate of drug-likeness (QED) is 0.190. The van der Waals surface area contributed by atoms with E-state index in [0.29, 0.717) is 25.9 Å². The molecule has 0 aliphatic carbocycles. The van der Waals surface area contributed by atoms with E-state index in [4.69, 9.17) is 10.9 Å². The van der Waals surface area contributed by atoms with Gasteiger partial charge in [0.1, 0.15) is 5.84 Å². The molecule has 0 fully saturated rings. The van der Waals surface area contributed by atoms with Gasteiger partial charge in [-0.05, 0) is 13.3 Å². The van der Waals surface area contributed by atoms with Crippen molar-refractivity contribution in [3.05, 3.63) is 0 Å². The number of amides is 1. The third-order valence-electron chi connectivity index (χ3n) is 3.49. The SMILES string of the molecule is CCCCCCCCCC(=O)N(CC)CCC(N)=NO. The highest BCUT2D eigenvalue weighted by Crippen LogP contribution is 2.09. The fourth-order valence-corrected chi connectivity index (χ4v) is 2.15. The van der Waals surface area contributed by atoms with Crippen LogP contribution in [0.5, 0.6) is 0 Å². The first-order chi connectivity index (χ1) is 9.65. The van der Waals surface area contributed by atoms with E-state index < -0.39 is 0 Å². The summed E-state index contributed by atoms with van der Waals surface area (Å²) < 4.78 is 0. The van der Waals surface area contributed by atoms with Crippen LogP contribution in [0.2, 0.25) is 0 Å². The smallest absolute Gasteiger partial charge is 0.222 e. The van der Waals surface area contributed by atoms with Crippen molar-refractivity contribution in [3.63, 3.8) is 0 Å². The van der Waals surface area contributed by atoms with E-state index in [1.54, 1.807) is 4.90 Å². The van der Waals surface area contributed by atoms with E-state index in [1.807, 2.05) is 6.92 Å². The van der Waals surface area contributed by atoms with Gasteiger partial charge >= 0.3 is 0 Å². The van der Waals surface area contributed by atoms with E-state index in [1.165, 1.54) is 32.1 Å². The van der Waals surface area contributed by atoms with Crippen LogP contribution < -0.4 is 5.73 Å². The molecule has 5 heteroatoms. The molecule has 3 N–H and O–H groups in total. The van der Waals surface area contributed by atoms with Crippen molar-refractivity contribution in [1.29, 1.82) is 0 Å². The third-order valence-corrected chi connectivity index (χ3v) is 3.49. The van der Waals surface area contributed by atoms with Gasteiger partial charge in [0.05, 0.1) is 0 Å². The molecule has 0 aliphatic rings. The molecule has 0 aromatic rings. The summed E-state index contributed by atoms with van der Waals surface area (Å²) in [5.41, 5.74) is 5.42. The predicted octanol–water partition coefficient (Wildman–Crippen LogP) is 3.11. The molecule has 5 nitrogen and oxygen atoms in total. The number of nitrogens with zero attached hydrogens (tertiary/aromatic N) is 2. The van der Waals surface area contributed by atoms with Gasteiger partial charge in [0.25, 0.3) is 0 Å². The molecule has 0 rings (SSSR count). The molecule has 0 aliphatic heterocycles. The summed E-state index contributed by atoms with van der Waals surface area (Å²) in [6.45, 7) is 5.37. The first kappa shape index (κ1) is 18.7. The Kier molecular flexibility index (Phi) is 12.0. The molecule has 0 aromatic carbocycles. The van der Waals surface area contributed by atoms with Crippen LogP contribution in [0.4, 0.5) is 0 Å². The van der Waals surface area contributed by atoms with Gasteiger partial charge in [-0.1, -0.05) is 50.6 Å². The lowest BCUT2D eigenvalue weighted by atomic mass is 10.1. The second kappa shape index (κ2) is 12.8. The number of amidine groups is 1. The zero-order chi connectivity index (χ0) is 15.2. The van der Waals surface area contributed by atoms with Crippen LogP contribution in [-0.4, -0.2) is 34.9 Å². The van der Waals surface area contributed by atoms with Crippen molar-refractivity contribution in [1.82, 2.24) is 4.90 Å². The monoisotopic (exact) mass is 285 g/mol. The fraction of sp³-hybridized carbons (Fsp3) is 0.867. The zero-order valence-electron chi connectivity index (χ0n) is 13.1. The average molecular weight is 285 g/mol. The van der Waals surface area contributed by atoms with E-state index in [0.717, 1.165) is 12.8 Å². The van der Waals surface area contributed by atoms with Gasteiger partial charge < -0.3 is 15.8 Å². The molecule has 0 saturated carbocycles. The standard InChI is InChI=1S/C15H31N3O2/c1-3-5-6-7-8-9-10-11-15(19)18(4-2)13-12-14(16)17-20/h20H,3-13H2,1-2H3,(H2,16,17). The van der Waals surface area contributed by atoms with Crippen LogP contribution in [0.25, 0.3) is 0 Å². The van der Waals surface area contributed by atoms with Crippen LogP contribution in [-0.2, 0) is 4.79 Å². The van der Waals surface area contributed by atoms with Gasteiger partial charge in [-0.3, -0.25) is 4.79 Å². The van der Waals surface area contributed by atoms with Crippen LogP contribution in [0, 0.1) is 0 Å². The first-order valence-corrected chi connectivity index (χ1v) is 7.89. The second-order valence-electron chi connectivity index (χ2n) is 5.19. The minimum atomic E-state index is 0.173. The Bertz CT molecular complexity index is 280. The predicted molar refractivity (Wildman–Crippen MR) is 82.9 cm³/mol. The van der Waals surface area contributed by atoms with Crippen molar-refractivity contribution < 1.29 is 10.0 Å². The Morgan fingerprint density at radius 2 is 1.65 bits per heavy atom. The van der Waals surface area contributed by atoms with Crippen LogP contribution >= 0.6 is 0 Å². The summed E-state index contributed by atoms with van der Waals surface area (Å²) in [5.74, 6) is 0.346. The highest BCUT2D eigenvalue weighted by Gasteiger charge is 2.11. The molecule has 0 atom stereocenters. The molecule has 0 spiro atoms. The molecule has 0 aromatic heterocycles. The summed E-state index contributed by atoms with van der Waals surface area (Å²) in [6.07, 6.45) is 9.53. The number of carbonyl (C=O) groups excluding carboxylic acids is 1. The lowest BCUT2D eigenvalue weighted by Crippen LogP contribution is -2.33. The molecule has 0 unspecified atom stereocenters. The Labute approximate surface area is 123 Å². The van der Waals surface area contributed by atoms with Gasteiger partial charge in [0, 0.05) is 25.9 Å². The Balaban J connectivity index is 3.70. The van der Waals surface area contributed by atoms with Crippen LogP contribution in [0.15, 0.2) is 5.16 Å². The summed E-state index contributed by atoms with van der Waals surface area (Å²) in [6, 6.07) is 0. The van der Waals surface area contributed by atoms with Gasteiger partial charge in [-0.2, -0.15) is 0 Å². The molecular formula is C15H31N3O2. The Morgan fingerprint density at radius 1 is 1.05 bits per heavy atom. The highest BCUT2D eigenvalue weighted by molar-refractivity contribution is 5.81. The first-order valence-electron chi connectivity index (χ1n) is 7.89. The molecule has 0 heterocycles. The number of nitrogens with two attached hydrogens (primary N) is 1. The summed E-state index contributed by atoms with van der Waals surface area (Å²) in [5, 5.41) is 11.4. The van der Waals surface area contributed by atoms with Crippen molar-refractivity contribution in [3.8, 4) is 0 Å². The number of hydrogen-bond acceptors (Lipinski definition) is 3. The molecule has 0 saturated heterocycles. The molecule has 0 bridgehead atoms. The van der Waals surface area contributed by atoms with Gasteiger partial charge in [-0.15, -0.1) is 0 Å². The maximum absolute atomic E-state index is 12.0. The van der Waals surface area contributed by atoms with Crippen LogP contribution in [0.3, 0.4) is 0 Å². The number of unbranched alkanes of at least 4 members (excludes halogenated alkanes) is 6. The topological polar surface area (TPSA) is 78.9 Å². The fourth-order valence-electron chi connectivity index (χ4n) is 2.15. The highest BCUT2D eigenvalue weighted by atomic mass is 16.4. The maximum atomic E-state index is 12.0. The van der Waals surface area contributed by atoms with E-state index >= 15 is 0 Å². The lowest BCUT2D eigenvalue weighted by Gasteiger charge is -2.20. The largest absolute Gasteiger partial charge is 0.409 e. The maximum Gasteiger partial charge on any atom is 0.222 e. The molecule has 118 valence electrons. The van der Waals surface area contributed by atoms with E-state index in [-0.39, 0.29) is 11.7 Å². The summed E-state index contributed by atoms with van der Waals surface area (Å²) in [7, 11) is 0. The lowest BCUT2D eigenvalue weighted by molar-refractivity contribution is -0.131. The molecule has 20 heavy (non-hydrogen) atoms. The second-order valence-corrected chi connectivity index (χ2v) is 5.19. The molecule has 1 amide bonds. The Morgan fingerprint density at radius 3 is 2.20 bits per heavy atom. The minimum Gasteiger partial charge on any atom is -0.409 e. The van der Waals surface area contributed by atoms with E-state index in [9.17, 15) is 4.79 Å². The number of oxime groups is 1. The molecular weight excluding hydrogens is 254 g/mol. The van der Waals surface area contributed by atoms with Gasteiger partial charge in [0.15, 0.2) is 0 Å². The summed E-state index contributed by atoms with van der Waals surface area (Å²) in [4.78, 5) is 13.8. The minimum absolute atomic E-state index is 0.173. The number of hydrogen-bond donors (Lipinski definition) is 2. The van der Waals surface area contributed by atoms with Crippen molar-refractivity contribution in [2.24, 2.45) is 10.9 Å². The van der Waals surface area contributed by atoms with E-state index in [2.05, 4.69) is 12.1 Å². The number of rotatable bonds is 12. The van der Waals surface area contributed by atoms with Gasteiger partial charge in [0.2, 0.25) is 5.91 Å². The van der Waals surface area contributed by atoms with Crippen molar-refractivity contribution in [2.45, 2.75) is 71.6 Å². The van der Waals surface area contributed by atoms with Crippen molar-refractivity contribution >= 4 is 11.7 Å². The Hall–Kier alpha value is -1.26. The molecule has 0 radical (unpaired) electrons. The number of carbonyl (C=O) groups is 1. The van der Waals surface area contributed by atoms with Crippen LogP contribution in [0.1, 0.15) is 71.6 Å². The zero-order valence-corrected chi connectivity index (χ0v) is 13.1.